The van der Waals surface area contributed by atoms with Crippen LogP contribution in [0.1, 0.15) is 88.9 Å². The monoisotopic (exact) mass is 746 g/mol. The molecule has 4 aromatic rings. The molecule has 3 N–H and O–H groups in total. The number of carboxylic acids is 1. The van der Waals surface area contributed by atoms with E-state index in [1.165, 1.54) is 41.6 Å². The van der Waals surface area contributed by atoms with Crippen molar-refractivity contribution in [3.8, 4) is 34.5 Å². The number of ether oxygens (including phenoxy) is 6. The van der Waals surface area contributed by atoms with Crippen molar-refractivity contribution in [2.45, 2.75) is 59.0 Å². The number of hydrogen-bond donors (Lipinski definition) is 3. The Kier molecular flexibility index (Phi) is 14.1. The van der Waals surface area contributed by atoms with Crippen molar-refractivity contribution in [3.05, 3.63) is 81.9 Å². The molecule has 3 atom stereocenters. The molecular formula is C42H50O12. The summed E-state index contributed by atoms with van der Waals surface area (Å²) < 4.78 is 32.8. The molecule has 4 aromatic carbocycles. The highest BCUT2D eigenvalue weighted by molar-refractivity contribution is 6.04. The van der Waals surface area contributed by atoms with Gasteiger partial charge < -0.3 is 43.7 Å². The summed E-state index contributed by atoms with van der Waals surface area (Å²) in [4.78, 5) is 37.9. The Morgan fingerprint density at radius 1 is 0.778 bits per heavy atom. The van der Waals surface area contributed by atoms with Crippen LogP contribution in [0.15, 0.2) is 48.5 Å². The number of aryl methyl sites for hydroxylation is 1. The van der Waals surface area contributed by atoms with Gasteiger partial charge in [-0.25, -0.2) is 4.79 Å². The van der Waals surface area contributed by atoms with Gasteiger partial charge in [-0.05, 0) is 95.3 Å². The second kappa shape index (κ2) is 18.5. The number of phenolic OH excluding ortho intramolecular Hbond substituents is 1. The van der Waals surface area contributed by atoms with Crippen molar-refractivity contribution in [1.82, 2.24) is 0 Å². The van der Waals surface area contributed by atoms with Crippen LogP contribution in [0, 0.1) is 11.8 Å². The second-order valence-corrected chi connectivity index (χ2v) is 12.9. The molecule has 0 bridgehead atoms. The Labute approximate surface area is 315 Å². The van der Waals surface area contributed by atoms with Gasteiger partial charge in [0.1, 0.15) is 5.75 Å². The van der Waals surface area contributed by atoms with E-state index >= 15 is 0 Å². The Hall–Kier alpha value is -5.49. The van der Waals surface area contributed by atoms with E-state index in [1.54, 1.807) is 56.3 Å². The summed E-state index contributed by atoms with van der Waals surface area (Å²) in [6.45, 7) is 5.51. The topological polar surface area (TPSA) is 167 Å². The van der Waals surface area contributed by atoms with Gasteiger partial charge in [0.05, 0.1) is 60.2 Å². The first-order chi connectivity index (χ1) is 25.9. The normalized spacial score (nSPS) is 16.1. The minimum Gasteiger partial charge on any atom is -0.508 e. The molecule has 0 saturated heterocycles. The largest absolute Gasteiger partial charge is 0.508 e. The highest BCUT2D eigenvalue weighted by atomic mass is 16.5. The zero-order valence-electron chi connectivity index (χ0n) is 32.1. The number of ketones is 1. The molecule has 12 nitrogen and oxygen atoms in total. The van der Waals surface area contributed by atoms with Crippen LogP contribution in [0.4, 0.5) is 0 Å². The smallest absolute Gasteiger partial charge is 0.336 e. The lowest BCUT2D eigenvalue weighted by Crippen LogP contribution is -2.39. The summed E-state index contributed by atoms with van der Waals surface area (Å²) in [5.41, 5.74) is 3.30. The van der Waals surface area contributed by atoms with Crippen LogP contribution < -0.4 is 23.7 Å². The highest BCUT2D eigenvalue weighted by Gasteiger charge is 2.46. The number of aliphatic hydroxyl groups excluding tert-OH is 1. The van der Waals surface area contributed by atoms with Crippen LogP contribution in [-0.2, 0) is 22.6 Å². The molecule has 0 heterocycles. The van der Waals surface area contributed by atoms with Crippen LogP contribution in [0.3, 0.4) is 0 Å². The zero-order valence-corrected chi connectivity index (χ0v) is 32.1. The predicted octanol–water partition coefficient (Wildman–Crippen LogP) is 7.34. The van der Waals surface area contributed by atoms with Crippen molar-refractivity contribution < 1.29 is 58.1 Å². The molecule has 0 aliphatic heterocycles. The Morgan fingerprint density at radius 2 is 1.41 bits per heavy atom. The minimum absolute atomic E-state index is 0.107. The average molecular weight is 747 g/mol. The predicted molar refractivity (Wildman–Crippen MR) is 203 cm³/mol. The van der Waals surface area contributed by atoms with Crippen molar-refractivity contribution in [3.63, 3.8) is 0 Å². The van der Waals surface area contributed by atoms with Gasteiger partial charge in [-0.1, -0.05) is 32.8 Å². The number of benzene rings is 4. The van der Waals surface area contributed by atoms with Crippen molar-refractivity contribution in [1.29, 1.82) is 0 Å². The van der Waals surface area contributed by atoms with Crippen LogP contribution in [0.5, 0.6) is 34.5 Å². The number of aromatic carboxylic acids is 1. The Morgan fingerprint density at radius 3 is 1.94 bits per heavy atom. The number of fused-ring (bicyclic) bond motifs is 2. The van der Waals surface area contributed by atoms with Gasteiger partial charge in [0, 0.05) is 17.4 Å². The maximum absolute atomic E-state index is 13.4. The number of unbranched alkanes of at least 4 members (excludes halogenated alkanes) is 2. The first-order valence-electron chi connectivity index (χ1n) is 17.8. The molecule has 0 saturated carbocycles. The van der Waals surface area contributed by atoms with Crippen LogP contribution in [0.2, 0.25) is 0 Å². The van der Waals surface area contributed by atoms with Gasteiger partial charge in [0.2, 0.25) is 5.75 Å². The van der Waals surface area contributed by atoms with Crippen LogP contribution in [0.25, 0.3) is 10.8 Å². The minimum atomic E-state index is -1.05. The first kappa shape index (κ1) is 41.3. The fraction of sp³-hybridized carbons (Fsp3) is 0.405. The third-order valence-electron chi connectivity index (χ3n) is 9.84. The van der Waals surface area contributed by atoms with E-state index in [1.807, 2.05) is 0 Å². The summed E-state index contributed by atoms with van der Waals surface area (Å²) >= 11 is 0. The number of hydrogen-bond acceptors (Lipinski definition) is 11. The van der Waals surface area contributed by atoms with Gasteiger partial charge in [0.15, 0.2) is 28.8 Å². The molecule has 0 aromatic heterocycles. The summed E-state index contributed by atoms with van der Waals surface area (Å²) in [7, 11) is 7.61. The van der Waals surface area contributed by atoms with E-state index < -0.39 is 29.7 Å². The van der Waals surface area contributed by atoms with E-state index in [9.17, 15) is 29.7 Å². The molecule has 1 aliphatic rings. The van der Waals surface area contributed by atoms with E-state index in [-0.39, 0.29) is 30.3 Å². The molecule has 3 unspecified atom stereocenters. The third-order valence-corrected chi connectivity index (χ3v) is 9.84. The van der Waals surface area contributed by atoms with Crippen molar-refractivity contribution in [2.75, 3.05) is 42.2 Å². The number of rotatable bonds is 14. The fourth-order valence-electron chi connectivity index (χ4n) is 7.22. The standard InChI is InChI=1S/C25H30O8.C17H20O4/c1-8-33-25(27)21-13(2)23(26)16-12-18(29-4)17(28-3)11-15(16)22(21)14-9-19(30-5)24(32-7)20(10-14)31-6;1-2-3-4-5-14-13-7-6-12(19)8-11(13)9-15(17(20)21)16(14)10-18/h9-13,21-22H,8H2,1-7H3;6-9,18-19H,2-5,10H2,1H3,(H,20,21). The van der Waals surface area contributed by atoms with E-state index in [0.717, 1.165) is 42.2 Å². The van der Waals surface area contributed by atoms with E-state index in [2.05, 4.69) is 6.92 Å². The maximum Gasteiger partial charge on any atom is 0.336 e. The lowest BCUT2D eigenvalue weighted by atomic mass is 9.66. The third kappa shape index (κ3) is 8.33. The van der Waals surface area contributed by atoms with E-state index in [4.69, 9.17) is 28.4 Å². The van der Waals surface area contributed by atoms with Gasteiger partial charge in [0.25, 0.3) is 0 Å². The number of esters is 1. The number of Topliss-reactive ketones (excluding diaryl/α,β-unsaturated/α-hetero) is 1. The number of methoxy groups -OCH3 is 5. The van der Waals surface area contributed by atoms with Gasteiger partial charge in [-0.3, -0.25) is 9.59 Å². The fourth-order valence-corrected chi connectivity index (χ4v) is 7.22. The molecule has 0 radical (unpaired) electrons. The lowest BCUT2D eigenvalue weighted by Gasteiger charge is -2.36. The lowest BCUT2D eigenvalue weighted by molar-refractivity contribution is -0.150. The molecule has 12 heteroatoms. The number of aromatic hydroxyl groups is 1. The van der Waals surface area contributed by atoms with Crippen molar-refractivity contribution in [2.24, 2.45) is 11.8 Å². The van der Waals surface area contributed by atoms with Gasteiger partial charge in [-0.2, -0.15) is 0 Å². The highest BCUT2D eigenvalue weighted by Crippen LogP contribution is 2.50. The first-order valence-corrected chi connectivity index (χ1v) is 17.8. The molecule has 0 amide bonds. The number of aliphatic hydroxyl groups is 1. The van der Waals surface area contributed by atoms with E-state index in [0.29, 0.717) is 50.8 Å². The van der Waals surface area contributed by atoms with Crippen molar-refractivity contribution >= 4 is 28.5 Å². The Bertz CT molecular complexity index is 1960. The molecular weight excluding hydrogens is 696 g/mol. The summed E-state index contributed by atoms with van der Waals surface area (Å²) in [5.74, 6) is -1.24. The summed E-state index contributed by atoms with van der Waals surface area (Å²) in [6, 6.07) is 13.5. The number of carbonyl (C=O) groups is 3. The maximum atomic E-state index is 13.4. The molecule has 54 heavy (non-hydrogen) atoms. The van der Waals surface area contributed by atoms with Crippen LogP contribution in [-0.4, -0.2) is 75.2 Å². The molecule has 0 spiro atoms. The molecule has 5 rings (SSSR count). The number of phenols is 1. The number of carbonyl (C=O) groups excluding carboxylic acids is 2. The van der Waals surface area contributed by atoms with Gasteiger partial charge in [-0.15, -0.1) is 0 Å². The molecule has 0 fully saturated rings. The number of carboxylic acid groups (broad SMARTS) is 1. The molecule has 1 aliphatic carbocycles. The molecule has 290 valence electrons. The van der Waals surface area contributed by atoms with Gasteiger partial charge >= 0.3 is 11.9 Å². The second-order valence-electron chi connectivity index (χ2n) is 12.9. The zero-order chi connectivity index (χ0) is 39.7. The van der Waals surface area contributed by atoms with Crippen LogP contribution >= 0.6 is 0 Å². The summed E-state index contributed by atoms with van der Waals surface area (Å²) in [5, 5.41) is 30.1. The summed E-state index contributed by atoms with van der Waals surface area (Å²) in [6.07, 6.45) is 3.81. The quantitative estimate of drug-likeness (QED) is 0.0869. The Balaban J connectivity index is 0.000000266. The SMILES string of the molecule is CCCCCc1c(CO)c(C(=O)O)cc2cc(O)ccc12.CCOC(=O)C1C(C)C(=O)c2cc(OC)c(OC)cc2C1c1cc(OC)c(OC)c(OC)c1. The average Bonchev–Trinajstić information content (AvgIpc) is 3.17.